The molecule has 0 aliphatic heterocycles. The van der Waals surface area contributed by atoms with Gasteiger partial charge in [0, 0.05) is 23.3 Å². The van der Waals surface area contributed by atoms with Gasteiger partial charge in [0.25, 0.3) is 40.1 Å². The van der Waals surface area contributed by atoms with Crippen molar-refractivity contribution in [2.45, 2.75) is 26.1 Å². The maximum atomic E-state index is 12.1. The number of ketones is 1. The maximum Gasteiger partial charge on any atom is 0.291 e. The van der Waals surface area contributed by atoms with Crippen molar-refractivity contribution in [2.24, 2.45) is 0 Å². The molecule has 0 saturated carbocycles. The molecule has 0 bridgehead atoms. The van der Waals surface area contributed by atoms with Gasteiger partial charge in [-0.05, 0) is 42.8 Å². The molecule has 85 heavy (non-hydrogen) atoms. The summed E-state index contributed by atoms with van der Waals surface area (Å²) in [5.74, 6) is -0.00417. The Morgan fingerprint density at radius 2 is 0.859 bits per heavy atom. The molecule has 41 heteroatoms. The summed E-state index contributed by atoms with van der Waals surface area (Å²) in [6.45, 7) is 1.89. The first-order valence-electron chi connectivity index (χ1n) is 22.5. The minimum absolute atomic E-state index is 0.00417. The van der Waals surface area contributed by atoms with Crippen LogP contribution in [-0.4, -0.2) is 80.9 Å². The molecule has 7 heterocycles. The Labute approximate surface area is 534 Å². The largest absolute Gasteiger partial charge is 0.388 e. The van der Waals surface area contributed by atoms with Gasteiger partial charge in [0.15, 0.2) is 62.2 Å². The predicted octanol–water partition coefficient (Wildman–Crippen LogP) is 10.6. The van der Waals surface area contributed by atoms with Crippen molar-refractivity contribution in [3.8, 4) is 0 Å². The summed E-state index contributed by atoms with van der Waals surface area (Å²) in [5, 5.41) is 7.60. The van der Waals surface area contributed by atoms with E-state index in [2.05, 4.69) is 59.1 Å². The lowest BCUT2D eigenvalue weighted by Gasteiger charge is -2.07. The highest BCUT2D eigenvalue weighted by atomic mass is 35.5. The van der Waals surface area contributed by atoms with Crippen LogP contribution < -0.4 is 52.9 Å². The smallest absolute Gasteiger partial charge is 0.291 e. The van der Waals surface area contributed by atoms with Crippen LogP contribution in [0.2, 0.25) is 25.8 Å². The number of pyridine rings is 1. The number of sulfonamides is 4. The number of Topliss-reactive ketones (excluding diaryl/α,β-unsaturated/α-hetero) is 1. The van der Waals surface area contributed by atoms with Gasteiger partial charge in [0.2, 0.25) is 4.34 Å². The zero-order chi connectivity index (χ0) is 62.3. The summed E-state index contributed by atoms with van der Waals surface area (Å²) in [7, 11) is -14.7. The van der Waals surface area contributed by atoms with E-state index in [1.807, 2.05) is 18.2 Å². The number of hydrogen-bond acceptors (Lipinski definition) is 28. The Balaban J connectivity index is 0.000000170. The number of nitrogens with one attached hydrogen (secondary N) is 5. The summed E-state index contributed by atoms with van der Waals surface area (Å²) in [5.41, 5.74) is 28.8. The van der Waals surface area contributed by atoms with Crippen molar-refractivity contribution in [3.63, 3.8) is 0 Å². The van der Waals surface area contributed by atoms with Gasteiger partial charge >= 0.3 is 0 Å². The Hall–Kier alpha value is -6.49. The number of hydrogen-bond donors (Lipinski definition) is 10. The molecule has 0 spiro atoms. The van der Waals surface area contributed by atoms with Gasteiger partial charge < -0.3 is 34.0 Å². The molecule has 450 valence electrons. The molecule has 15 N–H and O–H groups in total. The molecule has 0 radical (unpaired) electrons. The van der Waals surface area contributed by atoms with E-state index >= 15 is 0 Å². The quantitative estimate of drug-likeness (QED) is 0.0402. The number of benzene rings is 3. The van der Waals surface area contributed by atoms with E-state index in [9.17, 15) is 38.5 Å². The molecule has 0 atom stereocenters. The molecular formula is C44H40Cl5N17O9S10. The van der Waals surface area contributed by atoms with Gasteiger partial charge in [-0.3, -0.25) is 23.7 Å². The van der Waals surface area contributed by atoms with Crippen molar-refractivity contribution in [1.82, 2.24) is 34.9 Å². The number of thiazole rings is 6. The molecule has 26 nitrogen and oxygen atoms in total. The van der Waals surface area contributed by atoms with Crippen LogP contribution in [0.1, 0.15) is 15.9 Å². The highest BCUT2D eigenvalue weighted by molar-refractivity contribution is 7.95. The number of aromatic nitrogens is 7. The van der Waals surface area contributed by atoms with Gasteiger partial charge in [-0.1, -0.05) is 187 Å². The normalized spacial score (nSPS) is 11.2. The third-order valence-corrected chi connectivity index (χ3v) is 22.6. The molecule has 10 rings (SSSR count). The average Bonchev–Trinajstić information content (AvgIpc) is 4.04. The second-order valence-corrected chi connectivity index (χ2v) is 30.1. The Morgan fingerprint density at radius 1 is 0.459 bits per heavy atom. The number of anilines is 10. The van der Waals surface area contributed by atoms with E-state index < -0.39 is 40.1 Å². The van der Waals surface area contributed by atoms with Crippen molar-refractivity contribution in [1.29, 1.82) is 0 Å². The standard InChI is InChI=1S/C11H10ClN3OS.C10H10ClN3O2S2.C9H8ClN3O2S2.C8H7ClN4O2S2.C6H5ClN4O2S3/c12-9-10(13)17-11(15-9)14-6-8(16)7-4-2-1-3-5-7;1-6-4-2-3-5-7(6)18(15,16)14-10-13-8(11)9(12)17-10;10-7-8(11)16-9(12-7)13-17(14,15)6-4-2-1-3-5-6;9-6-7(10)16-8(12-6)13-17(14,15)5-3-1-2-4-11-5;7-3-4(8)15-5(10-3)11-16(12,13)6-9-1-2-14-6/h1-5H,6,13H2,(H,14,15);2-5H,12H2,1H3,(H,13,14);1-5H,11H2,(H,12,13);1-4H,10H2,(H,12,13);1-2H,8H2,(H,10,11). The molecule has 7 aromatic heterocycles. The number of carbonyl (C=O) groups is 1. The Bertz CT molecular complexity index is 4130. The molecule has 0 amide bonds. The minimum atomic E-state index is -3.74. The molecule has 0 unspecified atom stereocenters. The van der Waals surface area contributed by atoms with E-state index in [0.717, 1.165) is 56.7 Å². The third-order valence-electron chi connectivity index (χ3n) is 9.42. The van der Waals surface area contributed by atoms with Crippen molar-refractivity contribution in [3.05, 3.63) is 158 Å². The highest BCUT2D eigenvalue weighted by Crippen LogP contribution is 2.34. The molecule has 0 fully saturated rings. The first kappa shape index (κ1) is 67.6. The van der Waals surface area contributed by atoms with Crippen LogP contribution >= 0.6 is 126 Å². The number of rotatable bonds is 16. The summed E-state index contributed by atoms with van der Waals surface area (Å²) >= 11 is 34.4. The monoisotopic (exact) mass is 1440 g/mol. The lowest BCUT2D eigenvalue weighted by molar-refractivity contribution is 0.101. The van der Waals surface area contributed by atoms with E-state index in [4.69, 9.17) is 86.7 Å². The summed E-state index contributed by atoms with van der Waals surface area (Å²) < 4.78 is 104. The van der Waals surface area contributed by atoms with Crippen LogP contribution in [-0.2, 0) is 40.1 Å². The van der Waals surface area contributed by atoms with Crippen LogP contribution in [0.25, 0.3) is 0 Å². The van der Waals surface area contributed by atoms with E-state index in [1.54, 1.807) is 73.0 Å². The lowest BCUT2D eigenvalue weighted by atomic mass is 10.1. The van der Waals surface area contributed by atoms with Gasteiger partial charge in [0.1, 0.15) is 25.0 Å². The molecule has 0 aliphatic rings. The summed E-state index contributed by atoms with van der Waals surface area (Å²) in [6.07, 6.45) is 2.79. The predicted molar refractivity (Wildman–Crippen MR) is 344 cm³/mol. The first-order valence-corrected chi connectivity index (χ1v) is 35.3. The van der Waals surface area contributed by atoms with Crippen LogP contribution in [0.15, 0.2) is 140 Å². The fourth-order valence-electron chi connectivity index (χ4n) is 5.68. The minimum Gasteiger partial charge on any atom is -0.388 e. The number of nitrogens with two attached hydrogens (primary N) is 5. The number of halogens is 5. The van der Waals surface area contributed by atoms with Gasteiger partial charge in [0.05, 0.1) is 16.3 Å². The van der Waals surface area contributed by atoms with Crippen LogP contribution in [0.5, 0.6) is 0 Å². The SMILES string of the molecule is Cc1ccccc1S(=O)(=O)Nc1nc(Cl)c(N)s1.Nc1sc(NCC(=O)c2ccccc2)nc1Cl.Nc1sc(NS(=O)(=O)c2ccccc2)nc1Cl.Nc1sc(NS(=O)(=O)c2ccccn2)nc1Cl.Nc1sc(NS(=O)(=O)c2nccs2)nc1Cl. The zero-order valence-electron chi connectivity index (χ0n) is 42.4. The lowest BCUT2D eigenvalue weighted by Crippen LogP contribution is -2.13. The molecule has 0 saturated heterocycles. The Morgan fingerprint density at radius 3 is 1.27 bits per heavy atom. The number of nitrogens with zero attached hydrogens (tertiary/aromatic N) is 7. The zero-order valence-corrected chi connectivity index (χ0v) is 54.4. The first-order chi connectivity index (χ1) is 40.0. The fourth-order valence-corrected chi connectivity index (χ4v) is 16.0. The molecule has 0 aliphatic carbocycles. The fraction of sp³-hybridized carbons (Fsp3) is 0.0455. The van der Waals surface area contributed by atoms with E-state index in [1.165, 1.54) is 48.0 Å². The maximum absolute atomic E-state index is 12.1. The highest BCUT2D eigenvalue weighted by Gasteiger charge is 2.22. The van der Waals surface area contributed by atoms with Crippen LogP contribution in [0, 0.1) is 6.92 Å². The van der Waals surface area contributed by atoms with Crippen molar-refractivity contribution in [2.75, 3.05) is 59.4 Å². The number of nitrogen functional groups attached to an aromatic ring is 5. The van der Waals surface area contributed by atoms with Crippen LogP contribution in [0.4, 0.5) is 50.7 Å². The van der Waals surface area contributed by atoms with Gasteiger partial charge in [-0.25, -0.2) is 51.7 Å². The van der Waals surface area contributed by atoms with E-state index in [-0.39, 0.29) is 97.8 Å². The third kappa shape index (κ3) is 20.0. The summed E-state index contributed by atoms with van der Waals surface area (Å²) in [6, 6.07) is 28.3. The molecule has 3 aromatic carbocycles. The van der Waals surface area contributed by atoms with Gasteiger partial charge in [-0.2, -0.15) is 16.8 Å². The second-order valence-electron chi connectivity index (χ2n) is 15.5. The van der Waals surface area contributed by atoms with Gasteiger partial charge in [-0.15, -0.1) is 11.3 Å². The molecular weight excluding hydrogens is 1410 g/mol. The summed E-state index contributed by atoms with van der Waals surface area (Å²) in [4.78, 5) is 38.6. The number of aryl methyl sites for hydroxylation is 1. The van der Waals surface area contributed by atoms with Crippen molar-refractivity contribution >= 4 is 223 Å². The number of carbonyl (C=O) groups excluding carboxylic acids is 1. The topological polar surface area (TPSA) is 434 Å². The average molecular weight is 1450 g/mol. The Kier molecular flexibility index (Phi) is 24.1. The van der Waals surface area contributed by atoms with Crippen LogP contribution in [0.3, 0.4) is 0 Å². The molecule has 10 aromatic rings. The van der Waals surface area contributed by atoms with E-state index in [0.29, 0.717) is 21.3 Å². The second kappa shape index (κ2) is 30.2. The van der Waals surface area contributed by atoms with Crippen molar-refractivity contribution < 1.29 is 38.5 Å².